The van der Waals surface area contributed by atoms with Crippen LogP contribution in [0.5, 0.6) is 0 Å². The molecule has 2 heterocycles. The molecule has 1 aliphatic heterocycles. The maximum absolute atomic E-state index is 12.3. The number of carbonyl (C=O) groups excluding carboxylic acids is 1. The van der Waals surface area contributed by atoms with Crippen molar-refractivity contribution in [1.82, 2.24) is 19.4 Å². The minimum absolute atomic E-state index is 0.308. The third-order valence-corrected chi connectivity index (χ3v) is 5.75. The molecular formula is C24H30N4O. The Balaban J connectivity index is 1.47. The van der Waals surface area contributed by atoms with Gasteiger partial charge in [0.1, 0.15) is 5.82 Å². The number of aromatic nitrogens is 2. The van der Waals surface area contributed by atoms with E-state index >= 15 is 0 Å². The Morgan fingerprint density at radius 2 is 1.66 bits per heavy atom. The van der Waals surface area contributed by atoms with Gasteiger partial charge in [0.25, 0.3) is 0 Å². The molecule has 1 fully saturated rings. The van der Waals surface area contributed by atoms with Gasteiger partial charge < -0.3 is 9.47 Å². The number of imidazole rings is 1. The first-order valence-electron chi connectivity index (χ1n) is 10.7. The molecule has 0 bridgehead atoms. The Bertz CT molecular complexity index is 942. The van der Waals surface area contributed by atoms with Gasteiger partial charge in [-0.25, -0.2) is 4.98 Å². The number of benzene rings is 2. The summed E-state index contributed by atoms with van der Waals surface area (Å²) in [5.74, 6) is 1.41. The van der Waals surface area contributed by atoms with Crippen LogP contribution in [0.3, 0.4) is 0 Å². The van der Waals surface area contributed by atoms with E-state index in [0.717, 1.165) is 63.5 Å². The number of hydrogen-bond acceptors (Lipinski definition) is 3. The molecule has 2 aromatic carbocycles. The van der Waals surface area contributed by atoms with Crippen molar-refractivity contribution in [3.8, 4) is 0 Å². The SMILES string of the molecule is CCCCC(=O)N1CCN(Cc2nc3ccccc3n2Cc2ccccc2)CC1. The summed E-state index contributed by atoms with van der Waals surface area (Å²) in [6, 6.07) is 18.9. The number of amides is 1. The average Bonchev–Trinajstić information content (AvgIpc) is 3.10. The van der Waals surface area contributed by atoms with Gasteiger partial charge >= 0.3 is 0 Å². The molecule has 0 spiro atoms. The Morgan fingerprint density at radius 1 is 0.931 bits per heavy atom. The third kappa shape index (κ3) is 4.67. The molecule has 1 aliphatic rings. The fraction of sp³-hybridized carbons (Fsp3) is 0.417. The van der Waals surface area contributed by atoms with Crippen LogP contribution in [0.1, 0.15) is 37.6 Å². The van der Waals surface area contributed by atoms with Crippen molar-refractivity contribution >= 4 is 16.9 Å². The highest BCUT2D eigenvalue weighted by Gasteiger charge is 2.22. The third-order valence-electron chi connectivity index (χ3n) is 5.75. The lowest BCUT2D eigenvalue weighted by molar-refractivity contribution is -0.133. The van der Waals surface area contributed by atoms with E-state index in [1.165, 1.54) is 11.1 Å². The van der Waals surface area contributed by atoms with Crippen molar-refractivity contribution in [3.05, 3.63) is 66.0 Å². The quantitative estimate of drug-likeness (QED) is 0.614. The Morgan fingerprint density at radius 3 is 2.41 bits per heavy atom. The number of nitrogens with zero attached hydrogens (tertiary/aromatic N) is 4. The lowest BCUT2D eigenvalue weighted by Gasteiger charge is -2.34. The zero-order chi connectivity index (χ0) is 20.1. The van der Waals surface area contributed by atoms with Gasteiger partial charge in [-0.15, -0.1) is 0 Å². The monoisotopic (exact) mass is 390 g/mol. The van der Waals surface area contributed by atoms with E-state index in [1.807, 2.05) is 11.0 Å². The standard InChI is InChI=1S/C24H30N4O/c1-2-3-13-24(29)27-16-14-26(15-17-27)19-23-25-21-11-7-8-12-22(21)28(23)18-20-9-5-4-6-10-20/h4-12H,2-3,13-19H2,1H3. The first-order valence-corrected chi connectivity index (χ1v) is 10.7. The molecule has 5 nitrogen and oxygen atoms in total. The summed E-state index contributed by atoms with van der Waals surface area (Å²) in [6.07, 6.45) is 2.75. The number of hydrogen-bond donors (Lipinski definition) is 0. The summed E-state index contributed by atoms with van der Waals surface area (Å²) < 4.78 is 2.34. The molecule has 1 saturated heterocycles. The zero-order valence-electron chi connectivity index (χ0n) is 17.3. The number of piperazine rings is 1. The van der Waals surface area contributed by atoms with Crippen LogP contribution < -0.4 is 0 Å². The fourth-order valence-electron chi connectivity index (χ4n) is 4.03. The lowest BCUT2D eigenvalue weighted by atomic mass is 10.2. The smallest absolute Gasteiger partial charge is 0.222 e. The second-order valence-electron chi connectivity index (χ2n) is 7.85. The fourth-order valence-corrected chi connectivity index (χ4v) is 4.03. The Labute approximate surface area is 172 Å². The molecule has 0 N–H and O–H groups in total. The van der Waals surface area contributed by atoms with Gasteiger partial charge in [-0.3, -0.25) is 9.69 Å². The molecule has 1 aromatic heterocycles. The van der Waals surface area contributed by atoms with Crippen molar-refractivity contribution in [2.24, 2.45) is 0 Å². The Hall–Kier alpha value is -2.66. The van der Waals surface area contributed by atoms with Crippen molar-refractivity contribution in [3.63, 3.8) is 0 Å². The van der Waals surface area contributed by atoms with E-state index < -0.39 is 0 Å². The van der Waals surface area contributed by atoms with Crippen LogP contribution in [-0.2, 0) is 17.9 Å². The predicted octanol–water partition coefficient (Wildman–Crippen LogP) is 3.92. The van der Waals surface area contributed by atoms with Crippen LogP contribution in [0.15, 0.2) is 54.6 Å². The van der Waals surface area contributed by atoms with Crippen LogP contribution >= 0.6 is 0 Å². The number of rotatable bonds is 7. The molecular weight excluding hydrogens is 360 g/mol. The van der Waals surface area contributed by atoms with Gasteiger partial charge in [0, 0.05) is 39.1 Å². The summed E-state index contributed by atoms with van der Waals surface area (Å²) in [7, 11) is 0. The van der Waals surface area contributed by atoms with E-state index in [2.05, 4.69) is 64.9 Å². The van der Waals surface area contributed by atoms with Gasteiger partial charge in [-0.05, 0) is 24.1 Å². The highest BCUT2D eigenvalue weighted by atomic mass is 16.2. The van der Waals surface area contributed by atoms with Crippen LogP contribution in [0, 0.1) is 0 Å². The largest absolute Gasteiger partial charge is 0.340 e. The maximum atomic E-state index is 12.3. The summed E-state index contributed by atoms with van der Waals surface area (Å²) in [6.45, 7) is 7.24. The van der Waals surface area contributed by atoms with Crippen molar-refractivity contribution in [2.75, 3.05) is 26.2 Å². The molecule has 0 aliphatic carbocycles. The summed E-state index contributed by atoms with van der Waals surface area (Å²) in [4.78, 5) is 21.7. The van der Waals surface area contributed by atoms with Crippen molar-refractivity contribution in [1.29, 1.82) is 0 Å². The molecule has 4 rings (SSSR count). The number of fused-ring (bicyclic) bond motifs is 1. The average molecular weight is 391 g/mol. The number of unbranched alkanes of at least 4 members (excludes halogenated alkanes) is 1. The molecule has 3 aromatic rings. The van der Waals surface area contributed by atoms with E-state index in [0.29, 0.717) is 12.3 Å². The van der Waals surface area contributed by atoms with Crippen LogP contribution in [-0.4, -0.2) is 51.4 Å². The van der Waals surface area contributed by atoms with E-state index in [1.54, 1.807) is 0 Å². The highest BCUT2D eigenvalue weighted by molar-refractivity contribution is 5.76. The van der Waals surface area contributed by atoms with Gasteiger partial charge in [0.15, 0.2) is 0 Å². The van der Waals surface area contributed by atoms with Crippen LogP contribution in [0.25, 0.3) is 11.0 Å². The minimum Gasteiger partial charge on any atom is -0.340 e. The molecule has 0 unspecified atom stereocenters. The van der Waals surface area contributed by atoms with Gasteiger partial charge in [0.2, 0.25) is 5.91 Å². The van der Waals surface area contributed by atoms with Gasteiger partial charge in [-0.1, -0.05) is 55.8 Å². The van der Waals surface area contributed by atoms with E-state index in [9.17, 15) is 4.79 Å². The first kappa shape index (κ1) is 19.6. The van der Waals surface area contributed by atoms with Gasteiger partial charge in [-0.2, -0.15) is 0 Å². The highest BCUT2D eigenvalue weighted by Crippen LogP contribution is 2.20. The summed E-state index contributed by atoms with van der Waals surface area (Å²) >= 11 is 0. The summed E-state index contributed by atoms with van der Waals surface area (Å²) in [5.41, 5.74) is 3.51. The zero-order valence-corrected chi connectivity index (χ0v) is 17.3. The van der Waals surface area contributed by atoms with Crippen molar-refractivity contribution < 1.29 is 4.79 Å². The molecule has 5 heteroatoms. The molecule has 0 radical (unpaired) electrons. The minimum atomic E-state index is 0.308. The second-order valence-corrected chi connectivity index (χ2v) is 7.85. The normalized spacial score (nSPS) is 15.1. The molecule has 1 amide bonds. The van der Waals surface area contributed by atoms with Crippen LogP contribution in [0.4, 0.5) is 0 Å². The van der Waals surface area contributed by atoms with E-state index in [4.69, 9.17) is 4.98 Å². The molecule has 0 atom stereocenters. The molecule has 29 heavy (non-hydrogen) atoms. The lowest BCUT2D eigenvalue weighted by Crippen LogP contribution is -2.48. The second kappa shape index (κ2) is 9.23. The number of carbonyl (C=O) groups is 1. The van der Waals surface area contributed by atoms with Crippen LogP contribution in [0.2, 0.25) is 0 Å². The number of para-hydroxylation sites is 2. The van der Waals surface area contributed by atoms with Crippen molar-refractivity contribution in [2.45, 2.75) is 39.3 Å². The first-order chi connectivity index (χ1) is 14.2. The molecule has 152 valence electrons. The maximum Gasteiger partial charge on any atom is 0.222 e. The predicted molar refractivity (Wildman–Crippen MR) is 117 cm³/mol. The Kier molecular flexibility index (Phi) is 6.25. The van der Waals surface area contributed by atoms with E-state index in [-0.39, 0.29) is 0 Å². The topological polar surface area (TPSA) is 41.4 Å². The molecule has 0 saturated carbocycles. The summed E-state index contributed by atoms with van der Waals surface area (Å²) in [5, 5.41) is 0. The van der Waals surface area contributed by atoms with Gasteiger partial charge in [0.05, 0.1) is 17.6 Å².